The van der Waals surface area contributed by atoms with E-state index in [9.17, 15) is 96.3 Å². The number of methoxy groups -OCH3 is 4. The predicted molar refractivity (Wildman–Crippen MR) is 457 cm³/mol. The summed E-state index contributed by atoms with van der Waals surface area (Å²) in [5.74, 6) is -10.9. The van der Waals surface area contributed by atoms with Gasteiger partial charge in [-0.25, -0.2) is 28.4 Å². The van der Waals surface area contributed by atoms with Gasteiger partial charge in [-0.1, -0.05) is 0 Å². The van der Waals surface area contributed by atoms with Gasteiger partial charge in [0.25, 0.3) is 5.75 Å². The number of benzene rings is 4. The maximum atomic E-state index is 14.3. The molecule has 14 rings (SSSR count). The van der Waals surface area contributed by atoms with E-state index >= 15 is 0 Å². The average molecular weight is 2200 g/mol. The molecule has 2 amide bonds. The van der Waals surface area contributed by atoms with E-state index < -0.39 is 135 Å². The second-order valence-electron chi connectivity index (χ2n) is 26.5. The third kappa shape index (κ3) is 25.7. The Bertz CT molecular complexity index is 6000. The Morgan fingerprint density at radius 1 is 0.553 bits per heavy atom. The van der Waals surface area contributed by atoms with Crippen molar-refractivity contribution in [3.63, 3.8) is 0 Å². The van der Waals surface area contributed by atoms with Crippen molar-refractivity contribution in [2.75, 3.05) is 64.6 Å². The number of aromatic nitrogens is 6. The SMILES string of the molecule is C=C1C=c2cc(CO)c(O)c(OC)c2=[O+]1.COc1c(CO)c(CO)cc2cc(COC(=O)Nc3ccn([C@@H]4O[C@H](CO)[C@@H](O)C4(F)F)c(=O)n3)oc12.COc1c(O)c(CO)cc2cc(CO)oc12.COc1c(O)c(CO)cc2cc(COC(=O)Nc3ccn([C@@H]4O[C@H](CO)[C@@H](O)C4(F)F)c(=O)n3)oc12.II.Nc1ccn([C@@H]2O[C@H](CO)[C@@H](O)C2(F)F)c(=O)n1.O.O=C=O.[B][CH-]P.[Y]. The maximum absolute atomic E-state index is 14.3. The number of hydrogen-bond acceptors (Lipinski definition) is 38. The molecule has 715 valence electrons. The predicted octanol–water partition coefficient (Wildman–Crippen LogP) is 1.62. The fraction of sp³-hybridized carbons (Fsp3) is 0.355. The Balaban J connectivity index is 0.000000298. The fourth-order valence-electron chi connectivity index (χ4n) is 12.6. The first-order valence-electron chi connectivity index (χ1n) is 36.6. The van der Waals surface area contributed by atoms with Gasteiger partial charge in [0.15, 0.2) is 71.3 Å². The average Bonchev–Trinajstić information content (AvgIpc) is 1.63. The number of halogens is 8. The van der Waals surface area contributed by atoms with Crippen LogP contribution >= 0.6 is 46.5 Å². The van der Waals surface area contributed by atoms with E-state index in [1.807, 2.05) is 0 Å². The number of hydrogen-bond donors (Lipinski definition) is 18. The molecule has 10 aromatic rings. The molecule has 10 atom stereocenters. The van der Waals surface area contributed by atoms with E-state index in [1.54, 1.807) is 36.4 Å². The van der Waals surface area contributed by atoms with Crippen LogP contribution in [0.25, 0.3) is 39.0 Å². The molecule has 45 nitrogen and oxygen atoms in total. The number of nitrogens with one attached hydrogen (secondary N) is 2. The molecule has 4 aromatic carbocycles. The second-order valence-corrected chi connectivity index (χ2v) is 26.9. The van der Waals surface area contributed by atoms with E-state index in [1.165, 1.54) is 46.6 Å². The van der Waals surface area contributed by atoms with Gasteiger partial charge in [0.2, 0.25) is 30.2 Å². The summed E-state index contributed by atoms with van der Waals surface area (Å²) in [6.45, 7) is -1.61. The number of ether oxygens (including phenoxy) is 9. The van der Waals surface area contributed by atoms with Crippen LogP contribution in [0.3, 0.4) is 0 Å². The molecule has 56 heteroatoms. The second kappa shape index (κ2) is 50.8. The number of nitrogen functional groups attached to an aromatic ring is 1. The summed E-state index contributed by atoms with van der Waals surface area (Å²) in [7, 11) is 12.4. The van der Waals surface area contributed by atoms with Gasteiger partial charge in [-0.3, -0.25) is 24.3 Å². The minimum Gasteiger partial charge on any atom is -0.504 e. The third-order valence-electron chi connectivity index (χ3n) is 18.5. The molecular weight excluding hydrogens is 2110 g/mol. The van der Waals surface area contributed by atoms with Crippen LogP contribution in [0.1, 0.15) is 63.8 Å². The van der Waals surface area contributed by atoms with Crippen LogP contribution in [0, 0.1) is 6.06 Å². The Kier molecular flexibility index (Phi) is 43.3. The topological polar surface area (TPSA) is 692 Å². The molecule has 4 aliphatic heterocycles. The van der Waals surface area contributed by atoms with Crippen LogP contribution in [-0.2, 0) is 119 Å². The number of amides is 2. The summed E-state index contributed by atoms with van der Waals surface area (Å²) in [6, 6.07) is 15.6. The number of carbonyl (C=O) groups excluding carboxylic acids is 4. The first-order chi connectivity index (χ1) is 61.8. The zero-order valence-electron chi connectivity index (χ0n) is 68.7. The molecule has 21 N–H and O–H groups in total. The van der Waals surface area contributed by atoms with Crippen molar-refractivity contribution in [2.45, 2.75) is 126 Å². The summed E-state index contributed by atoms with van der Waals surface area (Å²) in [5.41, 5.74) is 4.76. The van der Waals surface area contributed by atoms with Crippen molar-refractivity contribution in [3.05, 3.63) is 189 Å². The largest absolute Gasteiger partial charge is 0.504 e. The Morgan fingerprint density at radius 3 is 1.20 bits per heavy atom. The van der Waals surface area contributed by atoms with E-state index in [0.717, 1.165) is 42.0 Å². The molecule has 0 spiro atoms. The van der Waals surface area contributed by atoms with Gasteiger partial charge >= 0.3 is 64.4 Å². The molecule has 3 saturated heterocycles. The minimum atomic E-state index is -3.88. The van der Waals surface area contributed by atoms with Crippen LogP contribution < -0.4 is 63.0 Å². The molecule has 132 heavy (non-hydrogen) atoms. The van der Waals surface area contributed by atoms with Crippen molar-refractivity contribution < 1.29 is 216 Å². The van der Waals surface area contributed by atoms with E-state index in [4.69, 9.17) is 106 Å². The number of aromatic hydroxyl groups is 3. The number of anilines is 3. The van der Waals surface area contributed by atoms with Gasteiger partial charge in [-0.15, -0.1) is 0 Å². The van der Waals surface area contributed by atoms with E-state index in [2.05, 4.69) is 86.5 Å². The van der Waals surface area contributed by atoms with Gasteiger partial charge < -0.3 is 159 Å². The van der Waals surface area contributed by atoms with Crippen molar-refractivity contribution in [3.8, 4) is 40.2 Å². The minimum absolute atomic E-state index is 0. The summed E-state index contributed by atoms with van der Waals surface area (Å²) >= 11 is 4.24. The molecule has 3 radical (unpaired) electrons. The van der Waals surface area contributed by atoms with Gasteiger partial charge in [0.1, 0.15) is 59.7 Å². The van der Waals surface area contributed by atoms with Crippen LogP contribution in [0.4, 0.5) is 53.4 Å². The Morgan fingerprint density at radius 2 is 0.879 bits per heavy atom. The first kappa shape index (κ1) is 112. The standard InChI is InChI=1S/C22H23F2N3O10.C21H21F2N3O10.C11H12O5.C11H10O4.C9H11F2N3O4.CH3BP.CO2.I2.H2O.Y/c1-34-17-13(7-29)11(6-28)4-10-5-12(36-16(10)17)9-35-21(33)26-15-2-3-27(20(32)25-15)19-22(23,24)18(31)14(8-30)37-19;1-33-16-14(29)10(6-27)4-9-5-11(35-15(9)16)8-34-20(32)25-13-2-3-26(19(31)24-13)18-21(22,23)17(30)12(7-28)36-18;1-15-11-9(14)7(4-12)2-6-3-8(5-13)16-10(6)11;1-6-3-7-4-8(5-12)9(13)11(14-2)10(7)15-6;10-9(11)6(16)4(3-15)18-7(9)14-2-1-5(12)13-8(14)17;2*2-1-3;1-2;;/h2-5,14,18-19,28-31H,6-9H2,1H3,(H,25,26,32,33);2-5,12,17-18,27-30H,6-8H2,1H3,(H,24,25,31,32);2-3,12-14H,4-5H2,1H3;3-4,12H,1,5H2,2H3;1-2,4,6-7,15-16H,3H2,(H2,12,13,17);1H,3H2;;;1H2;/q;;;;;-1;;;;/p+1/t14-,18-,19-;12-,17-,18-;;;4-,6-,7-;;;;;/m11..1...../s1. The van der Waals surface area contributed by atoms with Gasteiger partial charge in [-0.05, 0) is 66.2 Å². The molecule has 0 bridgehead atoms. The normalized spacial score (nSPS) is 18.8. The molecular formula is C76H83BF6I2N9O36PY. The zero-order valence-corrected chi connectivity index (χ0v) is 77.0. The number of fused-ring (bicyclic) bond motifs is 4. The number of furan rings is 3. The molecule has 0 saturated carbocycles. The number of aliphatic hydroxyl groups is 12. The number of phenols is 3. The first-order valence-corrected chi connectivity index (χ1v) is 43.6. The van der Waals surface area contributed by atoms with Gasteiger partial charge in [-0.2, -0.15) is 58.7 Å². The van der Waals surface area contributed by atoms with Crippen LogP contribution in [-0.4, -0.2) is 240 Å². The number of carbonyl (C=O) groups is 2. The molecule has 10 heterocycles. The maximum Gasteiger partial charge on any atom is 0.413 e. The number of alkyl halides is 6. The summed E-state index contributed by atoms with van der Waals surface area (Å²) < 4.78 is 153. The number of aliphatic hydroxyl groups excluding tert-OH is 12. The van der Waals surface area contributed by atoms with Crippen LogP contribution in [0.5, 0.6) is 40.2 Å². The number of nitrogens with zero attached hydrogens (tertiary/aromatic N) is 6. The number of allylic oxidation sites excluding steroid dienone is 1. The summed E-state index contributed by atoms with van der Waals surface area (Å²) in [4.78, 5) is 86.8. The van der Waals surface area contributed by atoms with Crippen LogP contribution in [0.2, 0.25) is 0 Å². The van der Waals surface area contributed by atoms with E-state index in [0.29, 0.717) is 74.6 Å². The summed E-state index contributed by atoms with van der Waals surface area (Å²) in [6.07, 6.45) is -15.3. The molecule has 1 unspecified atom stereocenters. The number of nitrogens with two attached hydrogens (primary N) is 1. The van der Waals surface area contributed by atoms with Crippen molar-refractivity contribution in [1.82, 2.24) is 28.7 Å². The van der Waals surface area contributed by atoms with Crippen LogP contribution in [0.15, 0.2) is 124 Å². The van der Waals surface area contributed by atoms with Gasteiger partial charge in [0, 0.05) is 134 Å². The molecule has 4 aliphatic rings. The monoisotopic (exact) mass is 2200 g/mol. The Hall–Kier alpha value is -10.1. The third-order valence-corrected chi connectivity index (χ3v) is 18.5. The van der Waals surface area contributed by atoms with E-state index in [-0.39, 0.29) is 170 Å². The molecule has 6 aromatic heterocycles. The molecule has 3 fully saturated rings. The zero-order chi connectivity index (χ0) is 96.7. The Labute approximate surface area is 788 Å². The fourth-order valence-corrected chi connectivity index (χ4v) is 12.6. The smallest absolute Gasteiger partial charge is 0.413 e. The van der Waals surface area contributed by atoms with Crippen molar-refractivity contribution >= 4 is 129 Å². The van der Waals surface area contributed by atoms with Gasteiger partial charge in [0.05, 0.1) is 92.6 Å². The van der Waals surface area contributed by atoms with Crippen molar-refractivity contribution in [1.29, 1.82) is 0 Å². The quantitative estimate of drug-likeness (QED) is 0.0114. The molecule has 0 aliphatic carbocycles. The summed E-state index contributed by atoms with van der Waals surface area (Å²) in [5, 5.41) is 147. The van der Waals surface area contributed by atoms with Crippen molar-refractivity contribution in [2.24, 2.45) is 0 Å². The number of rotatable bonds is 22.